The van der Waals surface area contributed by atoms with Crippen molar-refractivity contribution < 1.29 is 4.74 Å². The molecule has 1 aliphatic carbocycles. The number of hydrogen-bond acceptors (Lipinski definition) is 3. The average Bonchev–Trinajstić information content (AvgIpc) is 2.89. The zero-order valence-electron chi connectivity index (χ0n) is 12.5. The molecule has 0 aromatic carbocycles. The molecule has 0 bridgehead atoms. The molecule has 2 heterocycles. The van der Waals surface area contributed by atoms with Gasteiger partial charge in [0.25, 0.3) is 0 Å². The van der Waals surface area contributed by atoms with E-state index < -0.39 is 0 Å². The van der Waals surface area contributed by atoms with Crippen molar-refractivity contribution in [2.24, 2.45) is 11.3 Å². The second-order valence-corrected chi connectivity index (χ2v) is 7.05. The number of fused-ring (bicyclic) bond motifs is 1. The van der Waals surface area contributed by atoms with Crippen LogP contribution in [0.1, 0.15) is 44.9 Å². The predicted octanol–water partition coefficient (Wildman–Crippen LogP) is 2.27. The predicted molar refractivity (Wildman–Crippen MR) is 78.3 cm³/mol. The third-order valence-corrected chi connectivity index (χ3v) is 5.76. The van der Waals surface area contributed by atoms with Gasteiger partial charge < -0.3 is 10.1 Å². The van der Waals surface area contributed by atoms with Crippen LogP contribution in [0, 0.1) is 11.3 Å². The van der Waals surface area contributed by atoms with Gasteiger partial charge in [0, 0.05) is 25.1 Å². The Morgan fingerprint density at radius 1 is 1.16 bits per heavy atom. The highest BCUT2D eigenvalue weighted by atomic mass is 16.5. The Hall–Kier alpha value is -0.120. The largest absolute Gasteiger partial charge is 0.384 e. The fourth-order valence-electron chi connectivity index (χ4n) is 4.80. The highest BCUT2D eigenvalue weighted by Crippen LogP contribution is 2.40. The summed E-state index contributed by atoms with van der Waals surface area (Å²) < 4.78 is 5.58. The second-order valence-electron chi connectivity index (χ2n) is 7.05. The molecule has 1 N–H and O–H groups in total. The van der Waals surface area contributed by atoms with Crippen LogP contribution in [0.2, 0.25) is 0 Å². The van der Waals surface area contributed by atoms with E-state index in [2.05, 4.69) is 10.2 Å². The van der Waals surface area contributed by atoms with Crippen molar-refractivity contribution in [3.8, 4) is 0 Å². The Bertz CT molecular complexity index is 283. The molecule has 2 saturated heterocycles. The summed E-state index contributed by atoms with van der Waals surface area (Å²) in [7, 11) is 1.87. The fraction of sp³-hybridized carbons (Fsp3) is 1.00. The van der Waals surface area contributed by atoms with Crippen LogP contribution < -0.4 is 5.32 Å². The van der Waals surface area contributed by atoms with Gasteiger partial charge in [-0.05, 0) is 64.1 Å². The van der Waals surface area contributed by atoms with E-state index in [0.29, 0.717) is 5.41 Å². The Kier molecular flexibility index (Phi) is 4.45. The number of rotatable bonds is 4. The maximum Gasteiger partial charge on any atom is 0.0531 e. The van der Waals surface area contributed by atoms with Crippen molar-refractivity contribution in [3.05, 3.63) is 0 Å². The summed E-state index contributed by atoms with van der Waals surface area (Å²) in [5, 5.41) is 3.51. The molecule has 0 amide bonds. The molecule has 0 spiro atoms. The Morgan fingerprint density at radius 3 is 2.74 bits per heavy atom. The van der Waals surface area contributed by atoms with E-state index >= 15 is 0 Å². The van der Waals surface area contributed by atoms with Gasteiger partial charge in [0.2, 0.25) is 0 Å². The number of likely N-dealkylation sites (tertiary alicyclic amines) is 1. The maximum absolute atomic E-state index is 5.58. The van der Waals surface area contributed by atoms with Crippen LogP contribution in [-0.2, 0) is 4.74 Å². The third-order valence-electron chi connectivity index (χ3n) is 5.76. The molecule has 3 nitrogen and oxygen atoms in total. The lowest BCUT2D eigenvalue weighted by molar-refractivity contribution is -0.00571. The summed E-state index contributed by atoms with van der Waals surface area (Å²) in [6.07, 6.45) is 9.88. The smallest absolute Gasteiger partial charge is 0.0531 e. The van der Waals surface area contributed by atoms with Gasteiger partial charge in [0.15, 0.2) is 0 Å². The molecule has 2 unspecified atom stereocenters. The fourth-order valence-corrected chi connectivity index (χ4v) is 4.80. The van der Waals surface area contributed by atoms with E-state index in [9.17, 15) is 0 Å². The lowest BCUT2D eigenvalue weighted by atomic mass is 9.78. The Morgan fingerprint density at radius 2 is 1.95 bits per heavy atom. The molecule has 0 aromatic heterocycles. The lowest BCUT2D eigenvalue weighted by Gasteiger charge is -2.46. The van der Waals surface area contributed by atoms with E-state index in [1.807, 2.05) is 7.11 Å². The van der Waals surface area contributed by atoms with Crippen molar-refractivity contribution >= 4 is 0 Å². The first-order valence-corrected chi connectivity index (χ1v) is 8.27. The first-order valence-electron chi connectivity index (χ1n) is 8.27. The molecule has 3 aliphatic rings. The number of piperidine rings is 2. The highest BCUT2D eigenvalue weighted by Gasteiger charge is 2.40. The molecule has 110 valence electrons. The van der Waals surface area contributed by atoms with Gasteiger partial charge in [-0.2, -0.15) is 0 Å². The van der Waals surface area contributed by atoms with Gasteiger partial charge in [0.05, 0.1) is 6.61 Å². The molecule has 2 atom stereocenters. The van der Waals surface area contributed by atoms with Gasteiger partial charge in [-0.3, -0.25) is 4.90 Å². The van der Waals surface area contributed by atoms with Crippen LogP contribution >= 0.6 is 0 Å². The Balaban J connectivity index is 1.66. The zero-order valence-corrected chi connectivity index (χ0v) is 12.5. The number of hydrogen-bond donors (Lipinski definition) is 1. The van der Waals surface area contributed by atoms with Crippen LogP contribution in [-0.4, -0.2) is 50.8 Å². The van der Waals surface area contributed by atoms with E-state index in [1.165, 1.54) is 71.1 Å². The molecule has 0 aromatic rings. The van der Waals surface area contributed by atoms with Crippen LogP contribution in [0.3, 0.4) is 0 Å². The van der Waals surface area contributed by atoms with Crippen LogP contribution in [0.15, 0.2) is 0 Å². The summed E-state index contributed by atoms with van der Waals surface area (Å²) in [5.74, 6) is 1.01. The average molecular weight is 266 g/mol. The normalized spacial score (nSPS) is 35.2. The molecule has 2 aliphatic heterocycles. The van der Waals surface area contributed by atoms with E-state index in [4.69, 9.17) is 4.74 Å². The van der Waals surface area contributed by atoms with Crippen molar-refractivity contribution in [3.63, 3.8) is 0 Å². The topological polar surface area (TPSA) is 24.5 Å². The highest BCUT2D eigenvalue weighted by molar-refractivity contribution is 4.94. The molecular weight excluding hydrogens is 236 g/mol. The molecule has 1 saturated carbocycles. The number of nitrogens with zero attached hydrogens (tertiary/aromatic N) is 1. The summed E-state index contributed by atoms with van der Waals surface area (Å²) in [4.78, 5) is 2.84. The lowest BCUT2D eigenvalue weighted by Crippen LogP contribution is -2.52. The van der Waals surface area contributed by atoms with E-state index in [1.54, 1.807) is 0 Å². The molecule has 19 heavy (non-hydrogen) atoms. The minimum atomic E-state index is 0.421. The summed E-state index contributed by atoms with van der Waals surface area (Å²) >= 11 is 0. The van der Waals surface area contributed by atoms with Crippen LogP contribution in [0.4, 0.5) is 0 Å². The van der Waals surface area contributed by atoms with Crippen molar-refractivity contribution in [2.75, 3.05) is 39.9 Å². The summed E-state index contributed by atoms with van der Waals surface area (Å²) in [5.41, 5.74) is 0.421. The molecule has 3 heteroatoms. The molecule has 3 fully saturated rings. The SMILES string of the molecule is COCC1(CN2CCCC3CCCC32)CCNCC1. The first kappa shape index (κ1) is 13.8. The van der Waals surface area contributed by atoms with Crippen LogP contribution in [0.25, 0.3) is 0 Å². The quantitative estimate of drug-likeness (QED) is 0.845. The summed E-state index contributed by atoms with van der Waals surface area (Å²) in [6.45, 7) is 5.91. The molecular formula is C16H30N2O. The first-order chi connectivity index (χ1) is 9.33. The molecule has 0 radical (unpaired) electrons. The third kappa shape index (κ3) is 2.98. The monoisotopic (exact) mass is 266 g/mol. The van der Waals surface area contributed by atoms with Gasteiger partial charge in [-0.25, -0.2) is 0 Å². The molecule has 3 rings (SSSR count). The minimum absolute atomic E-state index is 0.421. The van der Waals surface area contributed by atoms with Gasteiger partial charge in [-0.15, -0.1) is 0 Å². The van der Waals surface area contributed by atoms with Gasteiger partial charge in [0.1, 0.15) is 0 Å². The standard InChI is InChI=1S/C16H30N2O/c1-19-13-16(7-9-17-10-8-16)12-18-11-3-5-14-4-2-6-15(14)18/h14-15,17H,2-13H2,1H3. The van der Waals surface area contributed by atoms with E-state index in [0.717, 1.165) is 18.6 Å². The zero-order chi connectivity index (χ0) is 13.1. The van der Waals surface area contributed by atoms with Crippen molar-refractivity contribution in [2.45, 2.75) is 51.0 Å². The maximum atomic E-state index is 5.58. The second kappa shape index (κ2) is 6.11. The van der Waals surface area contributed by atoms with Gasteiger partial charge in [-0.1, -0.05) is 6.42 Å². The van der Waals surface area contributed by atoms with E-state index in [-0.39, 0.29) is 0 Å². The van der Waals surface area contributed by atoms with Crippen molar-refractivity contribution in [1.82, 2.24) is 10.2 Å². The number of ether oxygens (including phenoxy) is 1. The minimum Gasteiger partial charge on any atom is -0.384 e. The number of nitrogens with one attached hydrogen (secondary N) is 1. The van der Waals surface area contributed by atoms with Crippen LogP contribution in [0.5, 0.6) is 0 Å². The van der Waals surface area contributed by atoms with Crippen molar-refractivity contribution in [1.29, 1.82) is 0 Å². The van der Waals surface area contributed by atoms with Gasteiger partial charge >= 0.3 is 0 Å². The number of methoxy groups -OCH3 is 1. The Labute approximate surface area is 118 Å². The summed E-state index contributed by atoms with van der Waals surface area (Å²) in [6, 6.07) is 0.900.